The molecule has 0 aromatic rings. The fraction of sp³-hybridized carbons (Fsp3) is 1.00. The van der Waals surface area contributed by atoms with Gasteiger partial charge in [-0.2, -0.15) is 23.5 Å². The van der Waals surface area contributed by atoms with Crippen molar-refractivity contribution in [3.8, 4) is 0 Å². The number of hydrogen-bond acceptors (Lipinski definition) is 2. The topological polar surface area (TPSA) is 14.1 Å². The Bertz CT molecular complexity index is 138. The first-order valence-corrected chi connectivity index (χ1v) is 7.59. The Hall–Kier alpha value is 0.660. The second-order valence-electron chi connectivity index (χ2n) is 5.59. The molecular formula is C12H26NS2-. The highest BCUT2D eigenvalue weighted by Gasteiger charge is 2.08. The maximum Gasteiger partial charge on any atom is 0.00744 e. The van der Waals surface area contributed by atoms with Gasteiger partial charge < -0.3 is 5.32 Å². The van der Waals surface area contributed by atoms with Crippen molar-refractivity contribution in [3.05, 3.63) is 5.32 Å². The monoisotopic (exact) mass is 248 g/mol. The molecule has 1 nitrogen and oxygen atoms in total. The fourth-order valence-corrected chi connectivity index (χ4v) is 2.61. The van der Waals surface area contributed by atoms with Crippen LogP contribution in [0, 0.1) is 0 Å². The highest BCUT2D eigenvalue weighted by atomic mass is 32.2. The first-order chi connectivity index (χ1) is 6.71. The largest absolute Gasteiger partial charge is 0.661 e. The SMILES string of the molecule is CC(C)(C)SCC[N-]CCSC(C)(C)C. The van der Waals surface area contributed by atoms with Crippen molar-refractivity contribution in [2.24, 2.45) is 0 Å². The molecule has 0 heterocycles. The van der Waals surface area contributed by atoms with E-state index in [1.165, 1.54) is 0 Å². The van der Waals surface area contributed by atoms with E-state index in [2.05, 4.69) is 46.9 Å². The Morgan fingerprint density at radius 1 is 0.733 bits per heavy atom. The van der Waals surface area contributed by atoms with Crippen LogP contribution in [0.4, 0.5) is 0 Å². The average molecular weight is 248 g/mol. The standard InChI is InChI=1S/C12H26NS2/c1-11(2,3)14-9-7-13-8-10-15-12(4,5)6/h7-10H2,1-6H3/q-1. The molecule has 0 aliphatic rings. The molecule has 0 atom stereocenters. The molecule has 0 saturated carbocycles. The van der Waals surface area contributed by atoms with Gasteiger partial charge in [-0.25, -0.2) is 0 Å². The molecule has 0 aliphatic heterocycles. The molecule has 0 bridgehead atoms. The van der Waals surface area contributed by atoms with Crippen LogP contribution >= 0.6 is 23.5 Å². The summed E-state index contributed by atoms with van der Waals surface area (Å²) >= 11 is 3.99. The normalized spacial score (nSPS) is 13.2. The lowest BCUT2D eigenvalue weighted by atomic mass is 10.3. The van der Waals surface area contributed by atoms with E-state index in [1.807, 2.05) is 23.5 Å². The van der Waals surface area contributed by atoms with Crippen molar-refractivity contribution in [1.82, 2.24) is 0 Å². The average Bonchev–Trinajstić information content (AvgIpc) is 1.98. The van der Waals surface area contributed by atoms with Crippen molar-refractivity contribution in [3.63, 3.8) is 0 Å². The summed E-state index contributed by atoms with van der Waals surface area (Å²) < 4.78 is 0.769. The Labute approximate surface area is 105 Å². The van der Waals surface area contributed by atoms with Gasteiger partial charge in [-0.15, -0.1) is 13.1 Å². The molecule has 0 aliphatic carbocycles. The molecule has 0 rings (SSSR count). The Kier molecular flexibility index (Phi) is 7.39. The van der Waals surface area contributed by atoms with Crippen molar-refractivity contribution >= 4 is 23.5 Å². The summed E-state index contributed by atoms with van der Waals surface area (Å²) in [7, 11) is 0. The molecule has 3 heteroatoms. The van der Waals surface area contributed by atoms with Gasteiger partial charge >= 0.3 is 0 Å². The summed E-state index contributed by atoms with van der Waals surface area (Å²) in [5.41, 5.74) is 0. The molecule has 0 N–H and O–H groups in total. The van der Waals surface area contributed by atoms with Crippen molar-refractivity contribution in [2.75, 3.05) is 24.6 Å². The molecule has 0 spiro atoms. The Morgan fingerprint density at radius 3 is 1.33 bits per heavy atom. The molecule has 15 heavy (non-hydrogen) atoms. The Balaban J connectivity index is 3.20. The number of nitrogens with zero attached hydrogens (tertiary/aromatic N) is 1. The van der Waals surface area contributed by atoms with E-state index in [0.717, 1.165) is 24.6 Å². The summed E-state index contributed by atoms with van der Waals surface area (Å²) in [4.78, 5) is 0. The highest BCUT2D eigenvalue weighted by Crippen LogP contribution is 2.24. The zero-order valence-corrected chi connectivity index (χ0v) is 12.7. The van der Waals surface area contributed by atoms with Gasteiger partial charge in [-0.05, 0) is 11.5 Å². The summed E-state index contributed by atoms with van der Waals surface area (Å²) in [5, 5.41) is 4.54. The minimum Gasteiger partial charge on any atom is -0.661 e. The maximum atomic E-state index is 4.54. The van der Waals surface area contributed by atoms with Crippen LogP contribution in [0.1, 0.15) is 41.5 Å². The summed E-state index contributed by atoms with van der Waals surface area (Å²) in [5.74, 6) is 2.31. The molecular weight excluding hydrogens is 222 g/mol. The molecule has 92 valence electrons. The van der Waals surface area contributed by atoms with Gasteiger partial charge in [0.05, 0.1) is 0 Å². The Morgan fingerprint density at radius 2 is 1.07 bits per heavy atom. The predicted molar refractivity (Wildman–Crippen MR) is 77.5 cm³/mol. The van der Waals surface area contributed by atoms with Crippen LogP contribution in [0.25, 0.3) is 5.32 Å². The minimum atomic E-state index is 0.385. The van der Waals surface area contributed by atoms with E-state index < -0.39 is 0 Å². The van der Waals surface area contributed by atoms with E-state index >= 15 is 0 Å². The first-order valence-electron chi connectivity index (χ1n) is 5.62. The van der Waals surface area contributed by atoms with Crippen molar-refractivity contribution in [2.45, 2.75) is 51.0 Å². The quantitative estimate of drug-likeness (QED) is 0.646. The molecule has 0 unspecified atom stereocenters. The molecule has 0 aromatic heterocycles. The van der Waals surface area contributed by atoms with E-state index in [9.17, 15) is 0 Å². The minimum absolute atomic E-state index is 0.385. The van der Waals surface area contributed by atoms with Gasteiger partial charge in [0.25, 0.3) is 0 Å². The second kappa shape index (κ2) is 7.08. The number of thioether (sulfide) groups is 2. The number of hydrogen-bond donors (Lipinski definition) is 0. The molecule has 0 fully saturated rings. The van der Waals surface area contributed by atoms with E-state index in [-0.39, 0.29) is 0 Å². The van der Waals surface area contributed by atoms with Crippen LogP contribution in [0.15, 0.2) is 0 Å². The van der Waals surface area contributed by atoms with Gasteiger partial charge in [0.2, 0.25) is 0 Å². The highest BCUT2D eigenvalue weighted by molar-refractivity contribution is 8.00. The fourth-order valence-electron chi connectivity index (χ4n) is 0.945. The van der Waals surface area contributed by atoms with Gasteiger partial charge in [0, 0.05) is 9.49 Å². The first kappa shape index (κ1) is 15.7. The van der Waals surface area contributed by atoms with Crippen LogP contribution < -0.4 is 0 Å². The zero-order valence-electron chi connectivity index (χ0n) is 11.1. The predicted octanol–water partition coefficient (Wildman–Crippen LogP) is 4.42. The van der Waals surface area contributed by atoms with Crippen LogP contribution in [-0.2, 0) is 0 Å². The lowest BCUT2D eigenvalue weighted by molar-refractivity contribution is 0.801. The molecule has 0 aromatic carbocycles. The smallest absolute Gasteiger partial charge is 0.00744 e. The van der Waals surface area contributed by atoms with E-state index in [4.69, 9.17) is 0 Å². The third-order valence-corrected chi connectivity index (χ3v) is 4.07. The van der Waals surface area contributed by atoms with Gasteiger partial charge in [0.15, 0.2) is 0 Å². The summed E-state index contributed by atoms with van der Waals surface area (Å²) in [6.07, 6.45) is 0. The molecule has 0 radical (unpaired) electrons. The second-order valence-corrected chi connectivity index (χ2v) is 9.44. The third kappa shape index (κ3) is 14.7. The lowest BCUT2D eigenvalue weighted by Crippen LogP contribution is -2.11. The van der Waals surface area contributed by atoms with Crippen molar-refractivity contribution < 1.29 is 0 Å². The maximum absolute atomic E-state index is 4.54. The van der Waals surface area contributed by atoms with Gasteiger partial charge in [-0.3, -0.25) is 0 Å². The van der Waals surface area contributed by atoms with Crippen LogP contribution in [0.5, 0.6) is 0 Å². The van der Waals surface area contributed by atoms with Crippen LogP contribution in [0.3, 0.4) is 0 Å². The summed E-state index contributed by atoms with van der Waals surface area (Å²) in [6.45, 7) is 15.6. The van der Waals surface area contributed by atoms with Gasteiger partial charge in [0.1, 0.15) is 0 Å². The zero-order chi connectivity index (χ0) is 11.9. The summed E-state index contributed by atoms with van der Waals surface area (Å²) in [6, 6.07) is 0. The van der Waals surface area contributed by atoms with E-state index in [1.54, 1.807) is 0 Å². The van der Waals surface area contributed by atoms with Crippen LogP contribution in [0.2, 0.25) is 0 Å². The van der Waals surface area contributed by atoms with Crippen molar-refractivity contribution in [1.29, 1.82) is 0 Å². The van der Waals surface area contributed by atoms with Crippen LogP contribution in [-0.4, -0.2) is 34.1 Å². The van der Waals surface area contributed by atoms with E-state index in [0.29, 0.717) is 9.49 Å². The number of rotatable bonds is 6. The third-order valence-electron chi connectivity index (χ3n) is 1.57. The molecule has 0 amide bonds. The molecule has 0 saturated heterocycles. The lowest BCUT2D eigenvalue weighted by Gasteiger charge is -2.25. The van der Waals surface area contributed by atoms with Gasteiger partial charge in [-0.1, -0.05) is 41.5 Å².